The lowest BCUT2D eigenvalue weighted by molar-refractivity contribution is -0.121. The Bertz CT molecular complexity index is 768. The molecule has 2 unspecified atom stereocenters. The lowest BCUT2D eigenvalue weighted by Gasteiger charge is -2.24. The summed E-state index contributed by atoms with van der Waals surface area (Å²) in [6.45, 7) is 2.84. The average Bonchev–Trinajstić information content (AvgIpc) is 2.59. The summed E-state index contributed by atoms with van der Waals surface area (Å²) in [5.74, 6) is 1.24. The summed E-state index contributed by atoms with van der Waals surface area (Å²) >= 11 is 6.37. The lowest BCUT2D eigenvalue weighted by atomic mass is 9.97. The fourth-order valence-electron chi connectivity index (χ4n) is 2.80. The summed E-state index contributed by atoms with van der Waals surface area (Å²) in [5, 5.41) is 3.62. The van der Waals surface area contributed by atoms with Crippen LogP contribution in [-0.2, 0) is 4.79 Å². The molecule has 2 aromatic rings. The summed E-state index contributed by atoms with van der Waals surface area (Å²) in [5.41, 5.74) is 7.43. The molecule has 7 heteroatoms. The molecule has 0 bridgehead atoms. The van der Waals surface area contributed by atoms with Crippen molar-refractivity contribution in [3.63, 3.8) is 0 Å². The van der Waals surface area contributed by atoms with E-state index in [4.69, 9.17) is 26.8 Å². The van der Waals surface area contributed by atoms with E-state index in [2.05, 4.69) is 5.32 Å². The Balaban J connectivity index is 0.00000243. The van der Waals surface area contributed by atoms with Gasteiger partial charge in [-0.2, -0.15) is 0 Å². The first-order valence-electron chi connectivity index (χ1n) is 8.23. The van der Waals surface area contributed by atoms with Gasteiger partial charge in [-0.15, -0.1) is 12.4 Å². The summed E-state index contributed by atoms with van der Waals surface area (Å²) in [6, 6.07) is 12.5. The van der Waals surface area contributed by atoms with Crippen molar-refractivity contribution in [1.29, 1.82) is 0 Å². The second kappa shape index (κ2) is 9.12. The van der Waals surface area contributed by atoms with Gasteiger partial charge in [-0.05, 0) is 36.2 Å². The number of ether oxygens (including phenoxy) is 2. The van der Waals surface area contributed by atoms with Gasteiger partial charge < -0.3 is 20.5 Å². The SMILES string of the molecule is CC(N)CC(=O)NC(c1ccc2c(c1)OCCO2)c1ccccc1Cl.Cl. The molecule has 0 aromatic heterocycles. The number of amides is 1. The first kappa shape index (κ1) is 20.4. The maximum absolute atomic E-state index is 12.3. The van der Waals surface area contributed by atoms with Crippen LogP contribution in [0.15, 0.2) is 42.5 Å². The number of nitrogens with two attached hydrogens (primary N) is 1. The molecule has 3 N–H and O–H groups in total. The van der Waals surface area contributed by atoms with E-state index < -0.39 is 6.04 Å². The van der Waals surface area contributed by atoms with Crippen molar-refractivity contribution in [2.24, 2.45) is 5.73 Å². The largest absolute Gasteiger partial charge is 0.486 e. The van der Waals surface area contributed by atoms with Crippen LogP contribution in [0.4, 0.5) is 0 Å². The van der Waals surface area contributed by atoms with E-state index in [0.717, 1.165) is 11.1 Å². The van der Waals surface area contributed by atoms with Gasteiger partial charge >= 0.3 is 0 Å². The van der Waals surface area contributed by atoms with Crippen LogP contribution < -0.4 is 20.5 Å². The molecule has 26 heavy (non-hydrogen) atoms. The number of halogens is 2. The molecule has 0 saturated heterocycles. The van der Waals surface area contributed by atoms with E-state index >= 15 is 0 Å². The van der Waals surface area contributed by atoms with Crippen molar-refractivity contribution in [1.82, 2.24) is 5.32 Å². The fraction of sp³-hybridized carbons (Fsp3) is 0.316. The molecular weight excluding hydrogens is 375 g/mol. The van der Waals surface area contributed by atoms with Gasteiger partial charge in [-0.25, -0.2) is 0 Å². The molecule has 1 amide bonds. The number of benzene rings is 2. The van der Waals surface area contributed by atoms with Gasteiger partial charge in [0, 0.05) is 17.5 Å². The molecule has 0 saturated carbocycles. The highest BCUT2D eigenvalue weighted by Gasteiger charge is 2.22. The Kier molecular flexibility index (Phi) is 7.14. The highest BCUT2D eigenvalue weighted by Crippen LogP contribution is 2.36. The van der Waals surface area contributed by atoms with Gasteiger partial charge in [0.05, 0.1) is 6.04 Å². The topological polar surface area (TPSA) is 73.6 Å². The van der Waals surface area contributed by atoms with Crippen molar-refractivity contribution in [3.8, 4) is 11.5 Å². The molecule has 3 rings (SSSR count). The zero-order valence-corrected chi connectivity index (χ0v) is 16.0. The Labute approximate surface area is 164 Å². The molecule has 1 aliphatic rings. The van der Waals surface area contributed by atoms with Crippen molar-refractivity contribution < 1.29 is 14.3 Å². The minimum absolute atomic E-state index is 0. The molecule has 2 atom stereocenters. The number of nitrogens with one attached hydrogen (secondary N) is 1. The minimum Gasteiger partial charge on any atom is -0.486 e. The van der Waals surface area contributed by atoms with Crippen LogP contribution in [0, 0.1) is 0 Å². The summed E-state index contributed by atoms with van der Waals surface area (Å²) in [4.78, 5) is 12.3. The highest BCUT2D eigenvalue weighted by atomic mass is 35.5. The average molecular weight is 397 g/mol. The first-order chi connectivity index (χ1) is 12.0. The third kappa shape index (κ3) is 4.81. The molecule has 1 aliphatic heterocycles. The normalized spacial score (nSPS) is 14.7. The Morgan fingerprint density at radius 3 is 2.58 bits per heavy atom. The van der Waals surface area contributed by atoms with Gasteiger partial charge in [-0.3, -0.25) is 4.79 Å². The maximum Gasteiger partial charge on any atom is 0.222 e. The lowest BCUT2D eigenvalue weighted by Crippen LogP contribution is -2.33. The van der Waals surface area contributed by atoms with Crippen LogP contribution in [0.3, 0.4) is 0 Å². The molecule has 0 fully saturated rings. The standard InChI is InChI=1S/C19H21ClN2O3.ClH/c1-12(21)10-18(23)22-19(14-4-2-3-5-15(14)20)13-6-7-16-17(11-13)25-9-8-24-16;/h2-7,11-12,19H,8-10,21H2,1H3,(H,22,23);1H. The molecule has 0 spiro atoms. The number of carbonyl (C=O) groups is 1. The van der Waals surface area contributed by atoms with Gasteiger partial charge in [0.25, 0.3) is 0 Å². The second-order valence-corrected chi connectivity index (χ2v) is 6.51. The molecule has 2 aromatic carbocycles. The van der Waals surface area contributed by atoms with Crippen molar-refractivity contribution in [3.05, 3.63) is 58.6 Å². The van der Waals surface area contributed by atoms with Crippen LogP contribution in [0.2, 0.25) is 5.02 Å². The van der Waals surface area contributed by atoms with E-state index in [0.29, 0.717) is 29.7 Å². The summed E-state index contributed by atoms with van der Waals surface area (Å²) in [6.07, 6.45) is 0.242. The Hall–Kier alpha value is -1.95. The zero-order chi connectivity index (χ0) is 17.8. The highest BCUT2D eigenvalue weighted by molar-refractivity contribution is 6.31. The monoisotopic (exact) mass is 396 g/mol. The molecule has 5 nitrogen and oxygen atoms in total. The summed E-state index contributed by atoms with van der Waals surface area (Å²) < 4.78 is 11.2. The van der Waals surface area contributed by atoms with Crippen LogP contribution in [0.25, 0.3) is 0 Å². The molecule has 0 aliphatic carbocycles. The first-order valence-corrected chi connectivity index (χ1v) is 8.61. The van der Waals surface area contributed by atoms with Crippen LogP contribution in [-0.4, -0.2) is 25.2 Å². The van der Waals surface area contributed by atoms with Crippen molar-refractivity contribution in [2.75, 3.05) is 13.2 Å². The molecule has 1 heterocycles. The Morgan fingerprint density at radius 2 is 1.88 bits per heavy atom. The van der Waals surface area contributed by atoms with E-state index in [1.165, 1.54) is 0 Å². The third-order valence-electron chi connectivity index (χ3n) is 3.93. The van der Waals surface area contributed by atoms with E-state index in [1.54, 1.807) is 13.0 Å². The fourth-order valence-corrected chi connectivity index (χ4v) is 3.05. The van der Waals surface area contributed by atoms with E-state index in [1.807, 2.05) is 36.4 Å². The Morgan fingerprint density at radius 1 is 1.19 bits per heavy atom. The number of hydrogen-bond donors (Lipinski definition) is 2. The predicted octanol–water partition coefficient (Wildman–Crippen LogP) is 3.48. The van der Waals surface area contributed by atoms with Crippen LogP contribution in [0.1, 0.15) is 30.5 Å². The van der Waals surface area contributed by atoms with Gasteiger partial charge in [0.15, 0.2) is 11.5 Å². The van der Waals surface area contributed by atoms with E-state index in [9.17, 15) is 4.79 Å². The number of fused-ring (bicyclic) bond motifs is 1. The number of carbonyl (C=O) groups excluding carboxylic acids is 1. The second-order valence-electron chi connectivity index (χ2n) is 6.11. The molecule has 140 valence electrons. The van der Waals surface area contributed by atoms with Gasteiger partial charge in [0.1, 0.15) is 13.2 Å². The smallest absolute Gasteiger partial charge is 0.222 e. The number of hydrogen-bond acceptors (Lipinski definition) is 4. The van der Waals surface area contributed by atoms with E-state index in [-0.39, 0.29) is 30.8 Å². The summed E-state index contributed by atoms with van der Waals surface area (Å²) in [7, 11) is 0. The van der Waals surface area contributed by atoms with Crippen molar-refractivity contribution in [2.45, 2.75) is 25.4 Å². The quantitative estimate of drug-likeness (QED) is 0.810. The third-order valence-corrected chi connectivity index (χ3v) is 4.27. The predicted molar refractivity (Wildman–Crippen MR) is 104 cm³/mol. The van der Waals surface area contributed by atoms with Gasteiger partial charge in [-0.1, -0.05) is 35.9 Å². The molecular formula is C19H22Cl2N2O3. The minimum atomic E-state index is -0.393. The molecule has 0 radical (unpaired) electrons. The van der Waals surface area contributed by atoms with Gasteiger partial charge in [0.2, 0.25) is 5.91 Å². The van der Waals surface area contributed by atoms with Crippen LogP contribution >= 0.6 is 24.0 Å². The maximum atomic E-state index is 12.3. The van der Waals surface area contributed by atoms with Crippen molar-refractivity contribution >= 4 is 29.9 Å². The van der Waals surface area contributed by atoms with Crippen LogP contribution in [0.5, 0.6) is 11.5 Å². The zero-order valence-electron chi connectivity index (χ0n) is 14.4. The number of rotatable bonds is 5.